The molecule has 1 atom stereocenters. The van der Waals surface area contributed by atoms with Gasteiger partial charge < -0.3 is 4.74 Å². The van der Waals surface area contributed by atoms with Gasteiger partial charge in [-0.1, -0.05) is 26.0 Å². The van der Waals surface area contributed by atoms with E-state index in [1.165, 1.54) is 5.56 Å². The predicted octanol–water partition coefficient (Wildman–Crippen LogP) is 3.51. The van der Waals surface area contributed by atoms with E-state index in [-0.39, 0.29) is 0 Å². The molecule has 2 aromatic rings. The fraction of sp³-hybridized carbons (Fsp3) is 0.400. The van der Waals surface area contributed by atoms with E-state index < -0.39 is 0 Å². The standard InChI is InChI=1S/C15H20N2O/c1-4-12(2)13-5-7-15(8-6-13)18-11-14-9-10-17(3)16-14/h5-10,12H,4,11H2,1-3H3. The Morgan fingerprint density at radius 1 is 1.22 bits per heavy atom. The zero-order valence-electron chi connectivity index (χ0n) is 11.3. The second-order valence-corrected chi connectivity index (χ2v) is 4.65. The first-order valence-corrected chi connectivity index (χ1v) is 6.40. The van der Waals surface area contributed by atoms with Crippen molar-refractivity contribution >= 4 is 0 Å². The van der Waals surface area contributed by atoms with E-state index in [2.05, 4.69) is 31.1 Å². The zero-order valence-corrected chi connectivity index (χ0v) is 11.3. The summed E-state index contributed by atoms with van der Waals surface area (Å²) in [5.41, 5.74) is 2.31. The predicted molar refractivity (Wildman–Crippen MR) is 72.7 cm³/mol. The van der Waals surface area contributed by atoms with Crippen LogP contribution in [-0.2, 0) is 13.7 Å². The maximum Gasteiger partial charge on any atom is 0.132 e. The summed E-state index contributed by atoms with van der Waals surface area (Å²) in [4.78, 5) is 0. The Kier molecular flexibility index (Phi) is 4.03. The number of hydrogen-bond donors (Lipinski definition) is 0. The van der Waals surface area contributed by atoms with Crippen molar-refractivity contribution in [2.45, 2.75) is 32.8 Å². The third kappa shape index (κ3) is 3.13. The first kappa shape index (κ1) is 12.7. The molecule has 3 heteroatoms. The maximum atomic E-state index is 5.70. The first-order valence-electron chi connectivity index (χ1n) is 6.40. The van der Waals surface area contributed by atoms with Crippen molar-refractivity contribution in [3.63, 3.8) is 0 Å². The largest absolute Gasteiger partial charge is 0.487 e. The number of benzene rings is 1. The molecular weight excluding hydrogens is 224 g/mol. The molecular formula is C15H20N2O. The maximum absolute atomic E-state index is 5.70. The molecule has 0 saturated carbocycles. The number of aryl methyl sites for hydroxylation is 1. The van der Waals surface area contributed by atoms with Crippen LogP contribution in [0.25, 0.3) is 0 Å². The van der Waals surface area contributed by atoms with Crippen molar-refractivity contribution in [3.8, 4) is 5.75 Å². The zero-order chi connectivity index (χ0) is 13.0. The lowest BCUT2D eigenvalue weighted by molar-refractivity contribution is 0.300. The SMILES string of the molecule is CCC(C)c1ccc(OCc2ccn(C)n2)cc1. The lowest BCUT2D eigenvalue weighted by Gasteiger charge is -2.10. The average molecular weight is 244 g/mol. The van der Waals surface area contributed by atoms with Gasteiger partial charge in [-0.05, 0) is 36.1 Å². The van der Waals surface area contributed by atoms with E-state index in [1.807, 2.05) is 31.4 Å². The average Bonchev–Trinajstić information content (AvgIpc) is 2.82. The van der Waals surface area contributed by atoms with E-state index >= 15 is 0 Å². The van der Waals surface area contributed by atoms with E-state index in [0.29, 0.717) is 12.5 Å². The highest BCUT2D eigenvalue weighted by Gasteiger charge is 2.03. The summed E-state index contributed by atoms with van der Waals surface area (Å²) in [7, 11) is 1.91. The second kappa shape index (κ2) is 5.71. The Labute approximate surface area is 108 Å². The summed E-state index contributed by atoms with van der Waals surface area (Å²) in [5.74, 6) is 1.50. The summed E-state index contributed by atoms with van der Waals surface area (Å²) >= 11 is 0. The molecule has 1 heterocycles. The Morgan fingerprint density at radius 3 is 2.50 bits per heavy atom. The Morgan fingerprint density at radius 2 is 1.94 bits per heavy atom. The van der Waals surface area contributed by atoms with Crippen LogP contribution in [0.3, 0.4) is 0 Å². The van der Waals surface area contributed by atoms with Gasteiger partial charge in [0.2, 0.25) is 0 Å². The number of aromatic nitrogens is 2. The van der Waals surface area contributed by atoms with E-state index in [0.717, 1.165) is 17.9 Å². The topological polar surface area (TPSA) is 27.1 Å². The van der Waals surface area contributed by atoms with E-state index in [9.17, 15) is 0 Å². The minimum atomic E-state index is 0.517. The van der Waals surface area contributed by atoms with Crippen molar-refractivity contribution in [1.29, 1.82) is 0 Å². The van der Waals surface area contributed by atoms with Gasteiger partial charge in [0.15, 0.2) is 0 Å². The summed E-state index contributed by atoms with van der Waals surface area (Å²) in [6, 6.07) is 10.3. The summed E-state index contributed by atoms with van der Waals surface area (Å²) < 4.78 is 7.48. The fourth-order valence-corrected chi connectivity index (χ4v) is 1.83. The Balaban J connectivity index is 1.94. The molecule has 96 valence electrons. The van der Waals surface area contributed by atoms with Crippen molar-refractivity contribution in [2.24, 2.45) is 7.05 Å². The number of ether oxygens (including phenoxy) is 1. The minimum absolute atomic E-state index is 0.517. The van der Waals surface area contributed by atoms with Crippen molar-refractivity contribution in [2.75, 3.05) is 0 Å². The van der Waals surface area contributed by atoms with E-state index in [4.69, 9.17) is 4.74 Å². The van der Waals surface area contributed by atoms with Gasteiger partial charge in [0, 0.05) is 13.2 Å². The molecule has 3 nitrogen and oxygen atoms in total. The number of nitrogens with zero attached hydrogens (tertiary/aromatic N) is 2. The molecule has 0 spiro atoms. The lowest BCUT2D eigenvalue weighted by Crippen LogP contribution is -1.98. The van der Waals surface area contributed by atoms with Crippen molar-refractivity contribution in [3.05, 3.63) is 47.8 Å². The van der Waals surface area contributed by atoms with Gasteiger partial charge >= 0.3 is 0 Å². The van der Waals surface area contributed by atoms with Crippen molar-refractivity contribution in [1.82, 2.24) is 9.78 Å². The van der Waals surface area contributed by atoms with Gasteiger partial charge in [-0.15, -0.1) is 0 Å². The molecule has 0 amide bonds. The van der Waals surface area contributed by atoms with Gasteiger partial charge in [-0.2, -0.15) is 5.10 Å². The lowest BCUT2D eigenvalue weighted by atomic mass is 9.99. The molecule has 0 bridgehead atoms. The van der Waals surface area contributed by atoms with Gasteiger partial charge in [0.1, 0.15) is 12.4 Å². The van der Waals surface area contributed by atoms with Crippen LogP contribution >= 0.6 is 0 Å². The van der Waals surface area contributed by atoms with Gasteiger partial charge in [-0.3, -0.25) is 4.68 Å². The van der Waals surface area contributed by atoms with Gasteiger partial charge in [-0.25, -0.2) is 0 Å². The summed E-state index contributed by atoms with van der Waals surface area (Å²) in [5, 5.41) is 4.28. The molecule has 0 aliphatic rings. The van der Waals surface area contributed by atoms with Crippen LogP contribution in [0.15, 0.2) is 36.5 Å². The third-order valence-electron chi connectivity index (χ3n) is 3.22. The minimum Gasteiger partial charge on any atom is -0.487 e. The summed E-state index contributed by atoms with van der Waals surface area (Å²) in [6.07, 6.45) is 3.08. The Hall–Kier alpha value is -1.77. The van der Waals surface area contributed by atoms with Crippen LogP contribution in [0.1, 0.15) is 37.4 Å². The van der Waals surface area contributed by atoms with E-state index in [1.54, 1.807) is 4.68 Å². The van der Waals surface area contributed by atoms with Crippen LogP contribution in [0, 0.1) is 0 Å². The third-order valence-corrected chi connectivity index (χ3v) is 3.22. The first-order chi connectivity index (χ1) is 8.69. The second-order valence-electron chi connectivity index (χ2n) is 4.65. The number of rotatable bonds is 5. The van der Waals surface area contributed by atoms with Crippen molar-refractivity contribution < 1.29 is 4.74 Å². The molecule has 2 rings (SSSR count). The Bertz CT molecular complexity index is 487. The van der Waals surface area contributed by atoms with Gasteiger partial charge in [0.05, 0.1) is 5.69 Å². The van der Waals surface area contributed by atoms with Crippen LogP contribution in [0.4, 0.5) is 0 Å². The molecule has 0 N–H and O–H groups in total. The quantitative estimate of drug-likeness (QED) is 0.804. The molecule has 0 radical (unpaired) electrons. The van der Waals surface area contributed by atoms with Crippen LogP contribution in [0.2, 0.25) is 0 Å². The highest BCUT2D eigenvalue weighted by molar-refractivity contribution is 5.29. The number of hydrogen-bond acceptors (Lipinski definition) is 2. The van der Waals surface area contributed by atoms with Crippen LogP contribution < -0.4 is 4.74 Å². The molecule has 1 aromatic heterocycles. The van der Waals surface area contributed by atoms with Crippen LogP contribution in [0.5, 0.6) is 5.75 Å². The molecule has 0 saturated heterocycles. The fourth-order valence-electron chi connectivity index (χ4n) is 1.83. The highest BCUT2D eigenvalue weighted by Crippen LogP contribution is 2.21. The normalized spacial score (nSPS) is 12.4. The molecule has 0 aliphatic heterocycles. The monoisotopic (exact) mass is 244 g/mol. The highest BCUT2D eigenvalue weighted by atomic mass is 16.5. The van der Waals surface area contributed by atoms with Gasteiger partial charge in [0.25, 0.3) is 0 Å². The smallest absolute Gasteiger partial charge is 0.132 e. The molecule has 18 heavy (non-hydrogen) atoms. The molecule has 0 fully saturated rings. The van der Waals surface area contributed by atoms with Crippen LogP contribution in [-0.4, -0.2) is 9.78 Å². The molecule has 1 unspecified atom stereocenters. The molecule has 0 aliphatic carbocycles. The molecule has 1 aromatic carbocycles. The summed E-state index contributed by atoms with van der Waals surface area (Å²) in [6.45, 7) is 4.96.